The summed E-state index contributed by atoms with van der Waals surface area (Å²) < 4.78 is 0. The molecule has 0 spiro atoms. The van der Waals surface area contributed by atoms with Gasteiger partial charge in [-0.25, -0.2) is 0 Å². The third-order valence-electron chi connectivity index (χ3n) is 3.08. The summed E-state index contributed by atoms with van der Waals surface area (Å²) in [6.45, 7) is 0.715. The second-order valence-corrected chi connectivity index (χ2v) is 4.78. The number of nitrogens with zero attached hydrogens (tertiary/aromatic N) is 1. The molecule has 2 rings (SSSR count). The van der Waals surface area contributed by atoms with Crippen molar-refractivity contribution in [1.82, 2.24) is 10.6 Å². The molecule has 2 aromatic carbocycles. The Kier molecular flexibility index (Phi) is 5.02. The zero-order valence-corrected chi connectivity index (χ0v) is 12.4. The van der Waals surface area contributed by atoms with Gasteiger partial charge in [0.25, 0.3) is 0 Å². The van der Waals surface area contributed by atoms with Gasteiger partial charge in [0, 0.05) is 25.7 Å². The van der Waals surface area contributed by atoms with Gasteiger partial charge in [-0.05, 0) is 28.8 Å². The summed E-state index contributed by atoms with van der Waals surface area (Å²) in [6.07, 6.45) is 0. The maximum Gasteiger partial charge on any atom is 0.190 e. The van der Waals surface area contributed by atoms with Crippen LogP contribution in [0.5, 0.6) is 0 Å². The average molecular weight is 288 g/mol. The number of guanidine groups is 1. The van der Waals surface area contributed by atoms with Gasteiger partial charge in [0.15, 0.2) is 5.96 Å². The fourth-order valence-electron chi connectivity index (χ4n) is 2.04. The molecule has 2 N–H and O–H groups in total. The van der Waals surface area contributed by atoms with Crippen LogP contribution in [0.3, 0.4) is 0 Å². The Morgan fingerprint density at radius 2 is 1.80 bits per heavy atom. The van der Waals surface area contributed by atoms with Gasteiger partial charge < -0.3 is 10.6 Å². The van der Waals surface area contributed by atoms with Crippen molar-refractivity contribution in [3.8, 4) is 11.1 Å². The van der Waals surface area contributed by atoms with Gasteiger partial charge in [-0.3, -0.25) is 4.99 Å². The van der Waals surface area contributed by atoms with Crippen molar-refractivity contribution >= 4 is 17.6 Å². The van der Waals surface area contributed by atoms with Gasteiger partial charge in [-0.2, -0.15) is 0 Å². The van der Waals surface area contributed by atoms with Crippen LogP contribution < -0.4 is 10.6 Å². The Morgan fingerprint density at radius 1 is 1.10 bits per heavy atom. The zero-order valence-electron chi connectivity index (χ0n) is 11.7. The van der Waals surface area contributed by atoms with E-state index in [9.17, 15) is 0 Å². The molecular weight excluding hydrogens is 270 g/mol. The van der Waals surface area contributed by atoms with Crippen molar-refractivity contribution in [2.45, 2.75) is 6.54 Å². The number of halogens is 1. The third-order valence-corrected chi connectivity index (χ3v) is 3.33. The smallest absolute Gasteiger partial charge is 0.190 e. The fraction of sp³-hybridized carbons (Fsp3) is 0.188. The van der Waals surface area contributed by atoms with Crippen LogP contribution in [0.4, 0.5) is 0 Å². The van der Waals surface area contributed by atoms with Crippen molar-refractivity contribution < 1.29 is 0 Å². The molecule has 0 aliphatic rings. The third kappa shape index (κ3) is 3.52. The first-order valence-corrected chi connectivity index (χ1v) is 6.84. The van der Waals surface area contributed by atoms with E-state index in [-0.39, 0.29) is 0 Å². The number of nitrogens with one attached hydrogen (secondary N) is 2. The molecule has 104 valence electrons. The summed E-state index contributed by atoms with van der Waals surface area (Å²) in [5, 5.41) is 7.03. The van der Waals surface area contributed by atoms with Crippen molar-refractivity contribution in [3.63, 3.8) is 0 Å². The summed E-state index contributed by atoms with van der Waals surface area (Å²) in [5.74, 6) is 0.774. The van der Waals surface area contributed by atoms with Crippen LogP contribution in [0, 0.1) is 0 Å². The highest BCUT2D eigenvalue weighted by Crippen LogP contribution is 2.25. The van der Waals surface area contributed by atoms with Crippen molar-refractivity contribution in [3.05, 3.63) is 59.1 Å². The molecule has 0 aliphatic heterocycles. The Labute approximate surface area is 124 Å². The topological polar surface area (TPSA) is 36.4 Å². The van der Waals surface area contributed by atoms with Crippen molar-refractivity contribution in [2.24, 2.45) is 4.99 Å². The van der Waals surface area contributed by atoms with Crippen LogP contribution in [-0.4, -0.2) is 20.1 Å². The predicted octanol–water partition coefficient (Wildman–Crippen LogP) is 3.30. The highest BCUT2D eigenvalue weighted by Gasteiger charge is 2.05. The second-order valence-electron chi connectivity index (χ2n) is 4.34. The van der Waals surface area contributed by atoms with Crippen LogP contribution in [0.15, 0.2) is 53.5 Å². The lowest BCUT2D eigenvalue weighted by Crippen LogP contribution is -2.34. The molecule has 0 bridgehead atoms. The first kappa shape index (κ1) is 14.4. The monoisotopic (exact) mass is 287 g/mol. The maximum atomic E-state index is 5.94. The van der Waals surface area contributed by atoms with E-state index in [0.717, 1.165) is 16.5 Å². The highest BCUT2D eigenvalue weighted by molar-refractivity contribution is 6.30. The molecule has 3 nitrogen and oxygen atoms in total. The molecule has 0 aromatic heterocycles. The highest BCUT2D eigenvalue weighted by atomic mass is 35.5. The van der Waals surface area contributed by atoms with Crippen LogP contribution >= 0.6 is 11.6 Å². The minimum Gasteiger partial charge on any atom is -0.359 e. The molecule has 0 aliphatic carbocycles. The van der Waals surface area contributed by atoms with Gasteiger partial charge >= 0.3 is 0 Å². The molecule has 0 atom stereocenters. The molecule has 0 radical (unpaired) electrons. The number of aliphatic imine (C=N–C) groups is 1. The van der Waals surface area contributed by atoms with E-state index in [1.807, 2.05) is 43.4 Å². The molecule has 0 heterocycles. The van der Waals surface area contributed by atoms with E-state index in [1.165, 1.54) is 11.1 Å². The van der Waals surface area contributed by atoms with Crippen LogP contribution in [-0.2, 0) is 6.54 Å². The molecule has 0 saturated carbocycles. The van der Waals surface area contributed by atoms with E-state index >= 15 is 0 Å². The summed E-state index contributed by atoms with van der Waals surface area (Å²) in [6, 6.07) is 16.2. The van der Waals surface area contributed by atoms with Gasteiger partial charge in [0.2, 0.25) is 0 Å². The van der Waals surface area contributed by atoms with E-state index < -0.39 is 0 Å². The molecule has 2 aromatic rings. The minimum atomic E-state index is 0.715. The molecule has 0 unspecified atom stereocenters. The fourth-order valence-corrected chi connectivity index (χ4v) is 2.17. The molecule has 0 amide bonds. The largest absolute Gasteiger partial charge is 0.359 e. The minimum absolute atomic E-state index is 0.715. The van der Waals surface area contributed by atoms with Crippen LogP contribution in [0.25, 0.3) is 11.1 Å². The van der Waals surface area contributed by atoms with Gasteiger partial charge in [0.05, 0.1) is 0 Å². The lowest BCUT2D eigenvalue weighted by atomic mass is 10.00. The maximum absolute atomic E-state index is 5.94. The van der Waals surface area contributed by atoms with E-state index in [1.54, 1.807) is 7.05 Å². The van der Waals surface area contributed by atoms with Gasteiger partial charge in [-0.1, -0.05) is 48.0 Å². The molecular formula is C16H18ClN3. The van der Waals surface area contributed by atoms with E-state index in [0.29, 0.717) is 6.54 Å². The second kappa shape index (κ2) is 6.96. The lowest BCUT2D eigenvalue weighted by molar-refractivity contribution is 0.867. The first-order chi connectivity index (χ1) is 9.74. The SMILES string of the molecule is CN=C(NC)NCc1ccccc1-c1ccc(Cl)cc1. The summed E-state index contributed by atoms with van der Waals surface area (Å²) in [4.78, 5) is 4.11. The Balaban J connectivity index is 2.24. The summed E-state index contributed by atoms with van der Waals surface area (Å²) in [7, 11) is 3.60. The van der Waals surface area contributed by atoms with E-state index in [2.05, 4.69) is 27.8 Å². The lowest BCUT2D eigenvalue weighted by Gasteiger charge is -2.12. The van der Waals surface area contributed by atoms with Crippen molar-refractivity contribution in [1.29, 1.82) is 0 Å². The number of benzene rings is 2. The summed E-state index contributed by atoms with van der Waals surface area (Å²) >= 11 is 5.94. The van der Waals surface area contributed by atoms with Crippen molar-refractivity contribution in [2.75, 3.05) is 14.1 Å². The van der Waals surface area contributed by atoms with Crippen LogP contribution in [0.1, 0.15) is 5.56 Å². The normalized spacial score (nSPS) is 11.2. The quantitative estimate of drug-likeness (QED) is 0.671. The Morgan fingerprint density at radius 3 is 2.45 bits per heavy atom. The van der Waals surface area contributed by atoms with Gasteiger partial charge in [-0.15, -0.1) is 0 Å². The molecule has 0 saturated heterocycles. The zero-order chi connectivity index (χ0) is 14.4. The van der Waals surface area contributed by atoms with Gasteiger partial charge in [0.1, 0.15) is 0 Å². The first-order valence-electron chi connectivity index (χ1n) is 6.47. The number of hydrogen-bond donors (Lipinski definition) is 2. The number of hydrogen-bond acceptors (Lipinski definition) is 1. The summed E-state index contributed by atoms with van der Waals surface area (Å²) in [5.41, 5.74) is 3.57. The predicted molar refractivity (Wildman–Crippen MR) is 86.1 cm³/mol. The molecule has 4 heteroatoms. The van der Waals surface area contributed by atoms with E-state index in [4.69, 9.17) is 11.6 Å². The standard InChI is InChI=1S/C16H18ClN3/c1-18-16(19-2)20-11-13-5-3-4-6-15(13)12-7-9-14(17)10-8-12/h3-10H,11H2,1-2H3,(H2,18,19,20). The molecule has 0 fully saturated rings. The average Bonchev–Trinajstić information content (AvgIpc) is 2.50. The number of rotatable bonds is 3. The molecule has 20 heavy (non-hydrogen) atoms. The Bertz CT molecular complexity index is 591. The van der Waals surface area contributed by atoms with Crippen LogP contribution in [0.2, 0.25) is 5.02 Å². The Hall–Kier alpha value is -2.00.